The number of hydrogen-bond acceptors (Lipinski definition) is 4. The Morgan fingerprint density at radius 3 is 2.24 bits per heavy atom. The van der Waals surface area contributed by atoms with E-state index in [2.05, 4.69) is 90.9 Å². The normalized spacial score (nSPS) is 16.1. The first-order valence-electron chi connectivity index (χ1n) is 13.2. The number of piperazine rings is 1. The molecule has 2 aromatic carbocycles. The fourth-order valence-corrected chi connectivity index (χ4v) is 5.08. The van der Waals surface area contributed by atoms with E-state index < -0.39 is 0 Å². The van der Waals surface area contributed by atoms with Crippen molar-refractivity contribution in [3.05, 3.63) is 70.8 Å². The van der Waals surface area contributed by atoms with Gasteiger partial charge in [-0.15, -0.1) is 0 Å². The van der Waals surface area contributed by atoms with Crippen LogP contribution in [0.5, 0.6) is 0 Å². The van der Waals surface area contributed by atoms with Crippen LogP contribution in [0.4, 0.5) is 0 Å². The predicted molar refractivity (Wildman–Crippen MR) is 143 cm³/mol. The summed E-state index contributed by atoms with van der Waals surface area (Å²) in [4.78, 5) is 7.89. The first-order chi connectivity index (χ1) is 16.5. The van der Waals surface area contributed by atoms with Crippen molar-refractivity contribution in [3.63, 3.8) is 0 Å². The molecule has 1 aliphatic rings. The molecule has 1 unspecified atom stereocenters. The van der Waals surface area contributed by atoms with Crippen LogP contribution in [0.2, 0.25) is 0 Å². The van der Waals surface area contributed by atoms with Gasteiger partial charge in [0.15, 0.2) is 0 Å². The largest absolute Gasteiger partial charge is 0.301 e. The molecular weight excluding hydrogens is 416 g/mol. The Morgan fingerprint density at radius 2 is 1.65 bits per heavy atom. The molecule has 0 radical (unpaired) electrons. The van der Waals surface area contributed by atoms with Gasteiger partial charge in [-0.2, -0.15) is 5.26 Å². The maximum absolute atomic E-state index is 9.19. The van der Waals surface area contributed by atoms with Crippen molar-refractivity contribution >= 4 is 0 Å². The molecule has 0 bridgehead atoms. The van der Waals surface area contributed by atoms with E-state index in [9.17, 15) is 5.26 Å². The summed E-state index contributed by atoms with van der Waals surface area (Å²) in [7, 11) is 0. The van der Waals surface area contributed by atoms with E-state index in [0.717, 1.165) is 37.2 Å². The van der Waals surface area contributed by atoms with E-state index in [1.165, 1.54) is 56.7 Å². The van der Waals surface area contributed by atoms with Crippen molar-refractivity contribution in [2.75, 3.05) is 45.8 Å². The lowest BCUT2D eigenvalue weighted by Gasteiger charge is -2.36. The Bertz CT molecular complexity index is 894. The van der Waals surface area contributed by atoms with Crippen LogP contribution in [0.1, 0.15) is 68.2 Å². The second kappa shape index (κ2) is 13.6. The zero-order chi connectivity index (χ0) is 24.3. The van der Waals surface area contributed by atoms with Gasteiger partial charge < -0.3 is 4.90 Å². The molecule has 4 nitrogen and oxygen atoms in total. The smallest absolute Gasteiger partial charge is 0.0994 e. The van der Waals surface area contributed by atoms with Crippen LogP contribution in [0.15, 0.2) is 48.5 Å². The van der Waals surface area contributed by atoms with Gasteiger partial charge in [0.2, 0.25) is 0 Å². The van der Waals surface area contributed by atoms with E-state index in [-0.39, 0.29) is 0 Å². The van der Waals surface area contributed by atoms with Crippen LogP contribution in [-0.4, -0.2) is 66.6 Å². The second-order valence-corrected chi connectivity index (χ2v) is 10.2. The molecule has 0 saturated carbocycles. The van der Waals surface area contributed by atoms with Crippen LogP contribution in [0.3, 0.4) is 0 Å². The molecule has 184 valence electrons. The van der Waals surface area contributed by atoms with Crippen molar-refractivity contribution in [3.8, 4) is 6.07 Å². The van der Waals surface area contributed by atoms with E-state index in [4.69, 9.17) is 0 Å². The number of benzene rings is 2. The third-order valence-electron chi connectivity index (χ3n) is 7.49. The van der Waals surface area contributed by atoms with Crippen LogP contribution >= 0.6 is 0 Å². The molecule has 1 atom stereocenters. The highest BCUT2D eigenvalue weighted by molar-refractivity contribution is 5.40. The zero-order valence-corrected chi connectivity index (χ0v) is 21.8. The van der Waals surface area contributed by atoms with Gasteiger partial charge in [-0.05, 0) is 75.3 Å². The second-order valence-electron chi connectivity index (χ2n) is 10.2. The molecule has 2 aromatic rings. The summed E-state index contributed by atoms with van der Waals surface area (Å²) in [6.45, 7) is 18.2. The van der Waals surface area contributed by atoms with Crippen LogP contribution in [0, 0.1) is 18.3 Å². The predicted octanol–water partition coefficient (Wildman–Crippen LogP) is 5.67. The van der Waals surface area contributed by atoms with Crippen LogP contribution in [-0.2, 0) is 6.54 Å². The summed E-state index contributed by atoms with van der Waals surface area (Å²) in [6, 6.07) is 20.1. The number of nitrogens with zero attached hydrogens (tertiary/aromatic N) is 4. The molecule has 0 amide bonds. The highest BCUT2D eigenvalue weighted by Crippen LogP contribution is 2.26. The quantitative estimate of drug-likeness (QED) is 0.409. The molecule has 1 saturated heterocycles. The molecule has 1 aliphatic heterocycles. The summed E-state index contributed by atoms with van der Waals surface area (Å²) in [6.07, 6.45) is 3.63. The summed E-state index contributed by atoms with van der Waals surface area (Å²) in [5, 5.41) is 9.19. The molecule has 1 fully saturated rings. The summed E-state index contributed by atoms with van der Waals surface area (Å²) in [5.41, 5.74) is 4.71. The molecule has 0 spiro atoms. The third kappa shape index (κ3) is 7.94. The first-order valence-corrected chi connectivity index (χ1v) is 13.2. The third-order valence-corrected chi connectivity index (χ3v) is 7.49. The van der Waals surface area contributed by atoms with E-state index in [1.54, 1.807) is 0 Å². The lowest BCUT2D eigenvalue weighted by Crippen LogP contribution is -2.49. The topological polar surface area (TPSA) is 33.5 Å². The van der Waals surface area contributed by atoms with Crippen molar-refractivity contribution < 1.29 is 0 Å². The summed E-state index contributed by atoms with van der Waals surface area (Å²) >= 11 is 0. The molecule has 4 heteroatoms. The SMILES string of the molecule is CCC(CCCN1CCN(CCN(Cc2ccccc2)C(C)C)CC1)c1ccc(C#N)c(C)c1. The number of hydrogen-bond donors (Lipinski definition) is 0. The molecule has 0 N–H and O–H groups in total. The summed E-state index contributed by atoms with van der Waals surface area (Å²) in [5.74, 6) is 0.597. The van der Waals surface area contributed by atoms with Gasteiger partial charge in [0.1, 0.15) is 0 Å². The number of nitriles is 1. The molecule has 0 aromatic heterocycles. The minimum atomic E-state index is 0.563. The van der Waals surface area contributed by atoms with E-state index in [0.29, 0.717) is 12.0 Å². The average molecular weight is 461 g/mol. The number of rotatable bonds is 12. The van der Waals surface area contributed by atoms with Crippen molar-refractivity contribution in [1.29, 1.82) is 5.26 Å². The minimum absolute atomic E-state index is 0.563. The molecular formula is C30H44N4. The fourth-order valence-electron chi connectivity index (χ4n) is 5.08. The first kappa shape index (κ1) is 26.4. The Labute approximate surface area is 208 Å². The lowest BCUT2D eigenvalue weighted by molar-refractivity contribution is 0.108. The Morgan fingerprint density at radius 1 is 0.971 bits per heavy atom. The summed E-state index contributed by atoms with van der Waals surface area (Å²) < 4.78 is 0. The molecule has 0 aliphatic carbocycles. The fraction of sp³-hybridized carbons (Fsp3) is 0.567. The molecule has 34 heavy (non-hydrogen) atoms. The Kier molecular flexibility index (Phi) is 10.6. The minimum Gasteiger partial charge on any atom is -0.301 e. The van der Waals surface area contributed by atoms with Crippen molar-refractivity contribution in [1.82, 2.24) is 14.7 Å². The maximum atomic E-state index is 9.19. The van der Waals surface area contributed by atoms with Crippen molar-refractivity contribution in [2.45, 2.75) is 65.5 Å². The van der Waals surface area contributed by atoms with Gasteiger partial charge in [-0.25, -0.2) is 0 Å². The van der Waals surface area contributed by atoms with Crippen molar-refractivity contribution in [2.24, 2.45) is 0 Å². The maximum Gasteiger partial charge on any atom is 0.0994 e. The number of aryl methyl sites for hydroxylation is 1. The van der Waals surface area contributed by atoms with Gasteiger partial charge >= 0.3 is 0 Å². The molecule has 1 heterocycles. The van der Waals surface area contributed by atoms with Gasteiger partial charge in [0.25, 0.3) is 0 Å². The van der Waals surface area contributed by atoms with Gasteiger partial charge in [0, 0.05) is 51.9 Å². The highest BCUT2D eigenvalue weighted by atomic mass is 15.3. The van der Waals surface area contributed by atoms with Gasteiger partial charge in [-0.3, -0.25) is 9.80 Å². The molecule has 3 rings (SSSR count). The standard InChI is InChI=1S/C30H44N4/c1-5-28(29-13-14-30(23-31)26(4)22-29)12-9-15-32-16-18-33(19-17-32)20-21-34(25(2)3)24-27-10-7-6-8-11-27/h6-8,10-11,13-14,22,25,28H,5,9,12,15-21,24H2,1-4H3. The van der Waals surface area contributed by atoms with Crippen LogP contribution in [0.25, 0.3) is 0 Å². The zero-order valence-electron chi connectivity index (χ0n) is 21.8. The van der Waals surface area contributed by atoms with Crippen LogP contribution < -0.4 is 0 Å². The highest BCUT2D eigenvalue weighted by Gasteiger charge is 2.19. The average Bonchev–Trinajstić information content (AvgIpc) is 2.85. The lowest BCUT2D eigenvalue weighted by atomic mass is 9.90. The Balaban J connectivity index is 1.37. The Hall–Kier alpha value is -2.19. The monoisotopic (exact) mass is 460 g/mol. The van der Waals surface area contributed by atoms with E-state index >= 15 is 0 Å². The van der Waals surface area contributed by atoms with Gasteiger partial charge in [0.05, 0.1) is 11.6 Å². The van der Waals surface area contributed by atoms with Gasteiger partial charge in [-0.1, -0.05) is 49.4 Å². The van der Waals surface area contributed by atoms with E-state index in [1.807, 2.05) is 6.07 Å².